The number of carbonyl (C=O) groups excluding carboxylic acids is 1. The number of hydrogen-bond donors (Lipinski definition) is 0. The van der Waals surface area contributed by atoms with Gasteiger partial charge in [-0.1, -0.05) is 18.0 Å². The SMILES string of the molecule is CCOC(=O)CC(c1cc(Br)c(Cl)s1)N1CCCCC1. The molecule has 1 atom stereocenters. The summed E-state index contributed by atoms with van der Waals surface area (Å²) in [6, 6.07) is 2.12. The third-order valence-corrected chi connectivity index (χ3v) is 6.07. The van der Waals surface area contributed by atoms with Gasteiger partial charge in [0.15, 0.2) is 0 Å². The molecule has 1 aromatic heterocycles. The molecule has 1 fully saturated rings. The van der Waals surface area contributed by atoms with Crippen molar-refractivity contribution in [2.24, 2.45) is 0 Å². The van der Waals surface area contributed by atoms with Gasteiger partial charge in [-0.05, 0) is 54.9 Å². The first kappa shape index (κ1) is 16.3. The van der Waals surface area contributed by atoms with Crippen LogP contribution in [-0.2, 0) is 9.53 Å². The zero-order valence-corrected chi connectivity index (χ0v) is 14.7. The number of piperidine rings is 1. The summed E-state index contributed by atoms with van der Waals surface area (Å²) in [4.78, 5) is 15.4. The molecule has 0 spiro atoms. The predicted molar refractivity (Wildman–Crippen MR) is 86.4 cm³/mol. The van der Waals surface area contributed by atoms with Gasteiger partial charge in [0.2, 0.25) is 0 Å². The van der Waals surface area contributed by atoms with E-state index in [-0.39, 0.29) is 12.0 Å². The van der Waals surface area contributed by atoms with E-state index in [1.54, 1.807) is 11.3 Å². The lowest BCUT2D eigenvalue weighted by Crippen LogP contribution is -2.34. The molecule has 6 heteroatoms. The highest BCUT2D eigenvalue weighted by molar-refractivity contribution is 9.10. The number of halogens is 2. The fraction of sp³-hybridized carbons (Fsp3) is 0.643. The largest absolute Gasteiger partial charge is 0.466 e. The van der Waals surface area contributed by atoms with Gasteiger partial charge in [-0.25, -0.2) is 0 Å². The maximum Gasteiger partial charge on any atom is 0.307 e. The van der Waals surface area contributed by atoms with E-state index >= 15 is 0 Å². The van der Waals surface area contributed by atoms with Crippen LogP contribution in [-0.4, -0.2) is 30.6 Å². The average molecular weight is 381 g/mol. The van der Waals surface area contributed by atoms with Gasteiger partial charge in [-0.15, -0.1) is 11.3 Å². The molecule has 2 heterocycles. The van der Waals surface area contributed by atoms with Crippen molar-refractivity contribution < 1.29 is 9.53 Å². The molecular weight excluding hydrogens is 362 g/mol. The van der Waals surface area contributed by atoms with Gasteiger partial charge in [0.05, 0.1) is 19.1 Å². The summed E-state index contributed by atoms with van der Waals surface area (Å²) in [5.74, 6) is -0.135. The van der Waals surface area contributed by atoms with Crippen LogP contribution in [0.3, 0.4) is 0 Å². The van der Waals surface area contributed by atoms with Gasteiger partial charge in [0.25, 0.3) is 0 Å². The van der Waals surface area contributed by atoms with Crippen LogP contribution in [0.25, 0.3) is 0 Å². The number of likely N-dealkylation sites (tertiary alicyclic amines) is 1. The van der Waals surface area contributed by atoms with Crippen molar-refractivity contribution in [3.63, 3.8) is 0 Å². The molecule has 0 N–H and O–H groups in total. The van der Waals surface area contributed by atoms with E-state index in [9.17, 15) is 4.79 Å². The Hall–Kier alpha value is -0.100. The molecule has 0 saturated carbocycles. The highest BCUT2D eigenvalue weighted by atomic mass is 79.9. The van der Waals surface area contributed by atoms with Crippen molar-refractivity contribution in [2.45, 2.75) is 38.6 Å². The molecule has 1 saturated heterocycles. The average Bonchev–Trinajstić information content (AvgIpc) is 2.77. The molecule has 0 aliphatic carbocycles. The van der Waals surface area contributed by atoms with Crippen LogP contribution in [0.4, 0.5) is 0 Å². The molecule has 0 amide bonds. The van der Waals surface area contributed by atoms with E-state index in [1.165, 1.54) is 19.3 Å². The van der Waals surface area contributed by atoms with Crippen molar-refractivity contribution in [3.8, 4) is 0 Å². The molecule has 0 aromatic carbocycles. The number of rotatable bonds is 5. The second kappa shape index (κ2) is 7.78. The Morgan fingerprint density at radius 2 is 2.20 bits per heavy atom. The molecular formula is C14H19BrClNO2S. The first-order valence-electron chi connectivity index (χ1n) is 6.96. The number of carbonyl (C=O) groups is 1. The first-order valence-corrected chi connectivity index (χ1v) is 8.95. The van der Waals surface area contributed by atoms with Gasteiger partial charge >= 0.3 is 5.97 Å². The summed E-state index contributed by atoms with van der Waals surface area (Å²) in [7, 11) is 0. The summed E-state index contributed by atoms with van der Waals surface area (Å²) in [5.41, 5.74) is 0. The number of nitrogens with zero attached hydrogens (tertiary/aromatic N) is 1. The van der Waals surface area contributed by atoms with Crippen LogP contribution in [0.2, 0.25) is 4.34 Å². The maximum absolute atomic E-state index is 11.9. The van der Waals surface area contributed by atoms with Gasteiger partial charge < -0.3 is 4.74 Å². The highest BCUT2D eigenvalue weighted by Gasteiger charge is 2.27. The molecule has 112 valence electrons. The fourth-order valence-electron chi connectivity index (χ4n) is 2.54. The summed E-state index contributed by atoms with van der Waals surface area (Å²) in [6.07, 6.45) is 4.06. The topological polar surface area (TPSA) is 29.5 Å². The number of ether oxygens (including phenoxy) is 1. The van der Waals surface area contributed by atoms with Crippen molar-refractivity contribution in [2.75, 3.05) is 19.7 Å². The van der Waals surface area contributed by atoms with E-state index in [4.69, 9.17) is 16.3 Å². The number of hydrogen-bond acceptors (Lipinski definition) is 4. The van der Waals surface area contributed by atoms with E-state index in [0.29, 0.717) is 13.0 Å². The number of thiophene rings is 1. The lowest BCUT2D eigenvalue weighted by atomic mass is 10.0. The Balaban J connectivity index is 2.16. The Bertz CT molecular complexity index is 441. The van der Waals surface area contributed by atoms with Crippen LogP contribution in [0.15, 0.2) is 10.5 Å². The molecule has 0 radical (unpaired) electrons. The van der Waals surface area contributed by atoms with E-state index < -0.39 is 0 Å². The van der Waals surface area contributed by atoms with Gasteiger partial charge in [0, 0.05) is 9.35 Å². The molecule has 1 aliphatic rings. The summed E-state index contributed by atoms with van der Waals surface area (Å²) in [6.45, 7) is 4.35. The summed E-state index contributed by atoms with van der Waals surface area (Å²) in [5, 5.41) is 0. The normalized spacial score (nSPS) is 17.9. The molecule has 3 nitrogen and oxygen atoms in total. The molecule has 20 heavy (non-hydrogen) atoms. The second-order valence-electron chi connectivity index (χ2n) is 4.89. The van der Waals surface area contributed by atoms with Crippen molar-refractivity contribution in [1.82, 2.24) is 4.90 Å². The smallest absolute Gasteiger partial charge is 0.307 e. The van der Waals surface area contributed by atoms with Crippen molar-refractivity contribution >= 4 is 44.8 Å². The zero-order valence-electron chi connectivity index (χ0n) is 11.5. The van der Waals surface area contributed by atoms with E-state index in [2.05, 4.69) is 20.8 Å². The third kappa shape index (κ3) is 4.20. The van der Waals surface area contributed by atoms with Gasteiger partial charge in [0.1, 0.15) is 4.34 Å². The Morgan fingerprint density at radius 3 is 2.75 bits per heavy atom. The summed E-state index contributed by atoms with van der Waals surface area (Å²) < 4.78 is 6.77. The maximum atomic E-state index is 11.9. The molecule has 2 rings (SSSR count). The monoisotopic (exact) mass is 379 g/mol. The summed E-state index contributed by atoms with van der Waals surface area (Å²) >= 11 is 11.1. The Labute approximate surface area is 137 Å². The minimum Gasteiger partial charge on any atom is -0.466 e. The van der Waals surface area contributed by atoms with Crippen molar-refractivity contribution in [1.29, 1.82) is 0 Å². The Kier molecular flexibility index (Phi) is 6.33. The molecule has 1 aromatic rings. The minimum absolute atomic E-state index is 0.0862. The zero-order chi connectivity index (χ0) is 14.5. The fourth-order valence-corrected chi connectivity index (χ4v) is 4.42. The highest BCUT2D eigenvalue weighted by Crippen LogP contribution is 2.39. The van der Waals surface area contributed by atoms with Crippen LogP contribution in [0, 0.1) is 0 Å². The molecule has 0 bridgehead atoms. The quantitative estimate of drug-likeness (QED) is 0.697. The van der Waals surface area contributed by atoms with E-state index in [0.717, 1.165) is 26.8 Å². The van der Waals surface area contributed by atoms with Crippen molar-refractivity contribution in [3.05, 3.63) is 19.8 Å². The van der Waals surface area contributed by atoms with Gasteiger partial charge in [-0.3, -0.25) is 9.69 Å². The van der Waals surface area contributed by atoms with Gasteiger partial charge in [-0.2, -0.15) is 0 Å². The van der Waals surface area contributed by atoms with Crippen LogP contribution < -0.4 is 0 Å². The molecule has 1 aliphatic heterocycles. The standard InChI is InChI=1S/C14H19BrClNO2S/c1-2-19-13(18)9-11(17-6-4-3-5-7-17)12-8-10(15)14(16)20-12/h8,11H,2-7,9H2,1H3. The Morgan fingerprint density at radius 1 is 1.50 bits per heavy atom. The third-order valence-electron chi connectivity index (χ3n) is 3.49. The predicted octanol–water partition coefficient (Wildman–Crippen LogP) is 4.64. The van der Waals surface area contributed by atoms with Crippen LogP contribution >= 0.6 is 38.9 Å². The minimum atomic E-state index is -0.135. The lowest BCUT2D eigenvalue weighted by Gasteiger charge is -2.33. The van der Waals surface area contributed by atoms with Crippen LogP contribution in [0.1, 0.15) is 43.5 Å². The van der Waals surface area contributed by atoms with E-state index in [1.807, 2.05) is 13.0 Å². The lowest BCUT2D eigenvalue weighted by molar-refractivity contribution is -0.144. The molecule has 1 unspecified atom stereocenters. The number of esters is 1. The van der Waals surface area contributed by atoms with Crippen LogP contribution in [0.5, 0.6) is 0 Å². The second-order valence-corrected chi connectivity index (χ2v) is 7.43. The first-order chi connectivity index (χ1) is 9.61.